The second-order valence-corrected chi connectivity index (χ2v) is 12.9. The van der Waals surface area contributed by atoms with Crippen molar-refractivity contribution in [2.24, 2.45) is 0 Å². The van der Waals surface area contributed by atoms with Gasteiger partial charge in [0, 0.05) is 24.0 Å². The smallest absolute Gasteiger partial charge is 0.244 e. The molecule has 2 amide bonds. The van der Waals surface area contributed by atoms with E-state index in [0.29, 0.717) is 16.3 Å². The molecule has 0 spiro atoms. The maximum atomic E-state index is 14.3. The van der Waals surface area contributed by atoms with Gasteiger partial charge in [-0.25, -0.2) is 8.42 Å². The number of anilines is 1. The summed E-state index contributed by atoms with van der Waals surface area (Å²) in [6.07, 6.45) is 6.29. The molecule has 1 aliphatic carbocycles. The Morgan fingerprint density at radius 2 is 1.60 bits per heavy atom. The summed E-state index contributed by atoms with van der Waals surface area (Å²) in [5.41, 5.74) is 1.77. The van der Waals surface area contributed by atoms with Crippen LogP contribution in [0.2, 0.25) is 5.02 Å². The van der Waals surface area contributed by atoms with Gasteiger partial charge in [-0.2, -0.15) is 0 Å². The van der Waals surface area contributed by atoms with Crippen LogP contribution in [0.25, 0.3) is 0 Å². The Morgan fingerprint density at radius 3 is 2.26 bits per heavy atom. The largest absolute Gasteiger partial charge is 0.495 e. The van der Waals surface area contributed by atoms with E-state index in [4.69, 9.17) is 16.3 Å². The van der Waals surface area contributed by atoms with E-state index in [1.165, 1.54) is 12.0 Å². The molecule has 4 rings (SSSR count). The number of hydrogen-bond acceptors (Lipinski definition) is 5. The molecule has 0 unspecified atom stereocenters. The van der Waals surface area contributed by atoms with E-state index in [2.05, 4.69) is 5.32 Å². The van der Waals surface area contributed by atoms with Crippen LogP contribution in [0.4, 0.5) is 5.69 Å². The van der Waals surface area contributed by atoms with Crippen molar-refractivity contribution >= 4 is 39.1 Å². The number of sulfonamides is 1. The third-order valence-corrected chi connectivity index (χ3v) is 9.05. The normalized spacial score (nSPS) is 14.5. The first kappa shape index (κ1) is 31.4. The number of amides is 2. The van der Waals surface area contributed by atoms with E-state index in [1.54, 1.807) is 42.5 Å². The number of methoxy groups -OCH3 is 1. The first-order chi connectivity index (χ1) is 20.2. The Kier molecular flexibility index (Phi) is 10.9. The van der Waals surface area contributed by atoms with Gasteiger partial charge in [0.05, 0.1) is 19.1 Å². The molecule has 1 N–H and O–H groups in total. The van der Waals surface area contributed by atoms with Crippen molar-refractivity contribution in [3.8, 4) is 5.75 Å². The lowest BCUT2D eigenvalue weighted by atomic mass is 9.94. The maximum absolute atomic E-state index is 14.3. The van der Waals surface area contributed by atoms with Crippen LogP contribution < -0.4 is 14.4 Å². The molecule has 3 aromatic carbocycles. The summed E-state index contributed by atoms with van der Waals surface area (Å²) in [5, 5.41) is 3.64. The van der Waals surface area contributed by atoms with E-state index in [-0.39, 0.29) is 30.6 Å². The Bertz CT molecular complexity index is 1460. The van der Waals surface area contributed by atoms with Gasteiger partial charge < -0.3 is 15.0 Å². The average Bonchev–Trinajstić information content (AvgIpc) is 2.99. The predicted molar refractivity (Wildman–Crippen MR) is 166 cm³/mol. The summed E-state index contributed by atoms with van der Waals surface area (Å²) >= 11 is 6.53. The summed E-state index contributed by atoms with van der Waals surface area (Å²) in [4.78, 5) is 29.7. The number of carbonyl (C=O) groups is 2. The molecule has 8 nitrogen and oxygen atoms in total. The van der Waals surface area contributed by atoms with E-state index in [0.717, 1.165) is 48.2 Å². The van der Waals surface area contributed by atoms with E-state index in [9.17, 15) is 18.0 Å². The van der Waals surface area contributed by atoms with Crippen LogP contribution >= 0.6 is 11.6 Å². The lowest BCUT2D eigenvalue weighted by Gasteiger charge is -2.35. The van der Waals surface area contributed by atoms with Gasteiger partial charge in [0.2, 0.25) is 21.8 Å². The van der Waals surface area contributed by atoms with Crippen molar-refractivity contribution in [3.05, 3.63) is 95.0 Å². The SMILES string of the molecule is COc1ccccc1N(CC(=O)N(Cc1ccccc1Cl)[C@H](Cc1ccccc1)C(=O)NC1CCCCC1)S(C)(=O)=O. The topological polar surface area (TPSA) is 96.0 Å². The minimum Gasteiger partial charge on any atom is -0.495 e. The van der Waals surface area contributed by atoms with Crippen molar-refractivity contribution in [1.82, 2.24) is 10.2 Å². The molecule has 0 aliphatic heterocycles. The van der Waals surface area contributed by atoms with Crippen LogP contribution in [-0.4, -0.2) is 57.1 Å². The zero-order valence-corrected chi connectivity index (χ0v) is 25.6. The number of carbonyl (C=O) groups excluding carboxylic acids is 2. The third kappa shape index (κ3) is 8.26. The van der Waals surface area contributed by atoms with Crippen LogP contribution in [0.15, 0.2) is 78.9 Å². The highest BCUT2D eigenvalue weighted by Gasteiger charge is 2.34. The molecule has 3 aromatic rings. The molecule has 0 aromatic heterocycles. The number of benzene rings is 3. The molecule has 1 atom stereocenters. The lowest BCUT2D eigenvalue weighted by molar-refractivity contribution is -0.140. The molecule has 224 valence electrons. The van der Waals surface area contributed by atoms with Crippen molar-refractivity contribution in [1.29, 1.82) is 0 Å². The highest BCUT2D eigenvalue weighted by Crippen LogP contribution is 2.30. The van der Waals surface area contributed by atoms with Gasteiger partial charge in [-0.05, 0) is 42.2 Å². The van der Waals surface area contributed by atoms with Crippen molar-refractivity contribution in [3.63, 3.8) is 0 Å². The quantitative estimate of drug-likeness (QED) is 0.304. The van der Waals surface area contributed by atoms with Gasteiger partial charge in [0.25, 0.3) is 0 Å². The molecular formula is C32H38ClN3O5S. The Morgan fingerprint density at radius 1 is 0.952 bits per heavy atom. The summed E-state index contributed by atoms with van der Waals surface area (Å²) < 4.78 is 32.5. The molecule has 1 fully saturated rings. The number of hydrogen-bond donors (Lipinski definition) is 1. The maximum Gasteiger partial charge on any atom is 0.244 e. The molecule has 10 heteroatoms. The molecule has 0 bridgehead atoms. The number of nitrogens with one attached hydrogen (secondary N) is 1. The third-order valence-electron chi connectivity index (χ3n) is 7.55. The van der Waals surface area contributed by atoms with Gasteiger partial charge in [-0.15, -0.1) is 0 Å². The fourth-order valence-electron chi connectivity index (χ4n) is 5.34. The Balaban J connectivity index is 1.75. The summed E-state index contributed by atoms with van der Waals surface area (Å²) in [7, 11) is -2.47. The first-order valence-electron chi connectivity index (χ1n) is 14.1. The van der Waals surface area contributed by atoms with Crippen LogP contribution in [0.1, 0.15) is 43.2 Å². The highest BCUT2D eigenvalue weighted by atomic mass is 35.5. The summed E-state index contributed by atoms with van der Waals surface area (Å²) in [6, 6.07) is 22.4. The Labute approximate surface area is 253 Å². The molecule has 42 heavy (non-hydrogen) atoms. The van der Waals surface area contributed by atoms with Crippen molar-refractivity contribution < 1.29 is 22.7 Å². The van der Waals surface area contributed by atoms with E-state index in [1.807, 2.05) is 36.4 Å². The van der Waals surface area contributed by atoms with Gasteiger partial charge in [-0.3, -0.25) is 13.9 Å². The average molecular weight is 612 g/mol. The number of rotatable bonds is 12. The van der Waals surface area contributed by atoms with Crippen LogP contribution in [-0.2, 0) is 32.6 Å². The summed E-state index contributed by atoms with van der Waals surface area (Å²) in [6.45, 7) is -0.497. The predicted octanol–water partition coefficient (Wildman–Crippen LogP) is 5.20. The lowest BCUT2D eigenvalue weighted by Crippen LogP contribution is -2.55. The van der Waals surface area contributed by atoms with Crippen molar-refractivity contribution in [2.75, 3.05) is 24.2 Å². The highest BCUT2D eigenvalue weighted by molar-refractivity contribution is 7.92. The zero-order chi connectivity index (χ0) is 30.1. The van der Waals surface area contributed by atoms with Gasteiger partial charge in [-0.1, -0.05) is 91.5 Å². The molecule has 1 saturated carbocycles. The minimum atomic E-state index is -3.91. The molecular weight excluding hydrogens is 574 g/mol. The second-order valence-electron chi connectivity index (χ2n) is 10.6. The van der Waals surface area contributed by atoms with Crippen LogP contribution in [0, 0.1) is 0 Å². The number of para-hydroxylation sites is 2. The van der Waals surface area contributed by atoms with Gasteiger partial charge >= 0.3 is 0 Å². The minimum absolute atomic E-state index is 0.0254. The van der Waals surface area contributed by atoms with Gasteiger partial charge in [0.15, 0.2) is 0 Å². The molecule has 0 heterocycles. The van der Waals surface area contributed by atoms with Crippen LogP contribution in [0.3, 0.4) is 0 Å². The van der Waals surface area contributed by atoms with Crippen molar-refractivity contribution in [2.45, 2.75) is 57.2 Å². The number of nitrogens with zero attached hydrogens (tertiary/aromatic N) is 2. The second kappa shape index (κ2) is 14.6. The molecule has 0 radical (unpaired) electrons. The number of halogens is 1. The molecule has 1 aliphatic rings. The Hall–Kier alpha value is -3.56. The van der Waals surface area contributed by atoms with Crippen LogP contribution in [0.5, 0.6) is 5.75 Å². The van der Waals surface area contributed by atoms with E-state index < -0.39 is 28.5 Å². The standard InChI is InChI=1S/C32H38ClN3O5S/c1-41-30-20-12-11-19-28(30)36(42(2,39)40)23-31(37)35(22-25-15-9-10-18-27(25)33)29(21-24-13-5-3-6-14-24)32(38)34-26-16-7-4-8-17-26/h3,5-6,9-15,18-20,26,29H,4,7-8,16-17,21-23H2,1-2H3,(H,34,38)/t29-/m1/s1. The van der Waals surface area contributed by atoms with Gasteiger partial charge in [0.1, 0.15) is 18.3 Å². The zero-order valence-electron chi connectivity index (χ0n) is 24.0. The fraction of sp³-hybridized carbons (Fsp3) is 0.375. The summed E-state index contributed by atoms with van der Waals surface area (Å²) in [5.74, 6) is -0.496. The number of ether oxygens (including phenoxy) is 1. The van der Waals surface area contributed by atoms with E-state index >= 15 is 0 Å². The molecule has 0 saturated heterocycles. The first-order valence-corrected chi connectivity index (χ1v) is 16.4. The fourth-order valence-corrected chi connectivity index (χ4v) is 6.39. The monoisotopic (exact) mass is 611 g/mol.